The van der Waals surface area contributed by atoms with Crippen molar-refractivity contribution in [3.05, 3.63) is 59.2 Å². The van der Waals surface area contributed by atoms with Crippen molar-refractivity contribution in [2.45, 2.75) is 27.2 Å². The van der Waals surface area contributed by atoms with Crippen LogP contribution in [-0.2, 0) is 4.79 Å². The van der Waals surface area contributed by atoms with Crippen molar-refractivity contribution in [3.8, 4) is 5.75 Å². The summed E-state index contributed by atoms with van der Waals surface area (Å²) in [4.78, 5) is 24.2. The Balaban J connectivity index is 1.91. The molecule has 2 rings (SSSR count). The molecule has 2 N–H and O–H groups in total. The molecule has 0 aliphatic heterocycles. The van der Waals surface area contributed by atoms with Crippen LogP contribution in [-0.4, -0.2) is 24.6 Å². The molecule has 2 amide bonds. The largest absolute Gasteiger partial charge is 0.497 e. The lowest BCUT2D eigenvalue weighted by atomic mass is 10.1. The number of hydrazone groups is 1. The number of hydrogen-bond donors (Lipinski definition) is 2. The van der Waals surface area contributed by atoms with Crippen molar-refractivity contribution in [2.75, 3.05) is 12.4 Å². The molecule has 0 saturated carbocycles. The van der Waals surface area contributed by atoms with Gasteiger partial charge in [0.25, 0.3) is 5.91 Å². The summed E-state index contributed by atoms with van der Waals surface area (Å²) >= 11 is 0. The number of methoxy groups -OCH3 is 1. The Morgan fingerprint density at radius 2 is 1.85 bits per heavy atom. The monoisotopic (exact) mass is 353 g/mol. The second-order valence-corrected chi connectivity index (χ2v) is 6.04. The number of anilines is 1. The minimum atomic E-state index is -0.363. The van der Waals surface area contributed by atoms with Crippen LogP contribution in [0.5, 0.6) is 5.75 Å². The van der Waals surface area contributed by atoms with Crippen LogP contribution in [0.1, 0.15) is 34.8 Å². The second kappa shape index (κ2) is 8.80. The Hall–Kier alpha value is -3.15. The number of carbonyl (C=O) groups excluding carboxylic acids is 2. The normalized spacial score (nSPS) is 11.0. The standard InChI is InChI=1S/C20H23N3O3/c1-13-8-9-17(10-14(13)2)21-19(24)11-15(3)22-23-20(25)16-6-5-7-18(12-16)26-4/h5-10,12H,11H2,1-4H3,(H,21,24)(H,23,25)/b22-15+. The average Bonchev–Trinajstić information content (AvgIpc) is 2.62. The molecule has 2 aromatic carbocycles. The van der Waals surface area contributed by atoms with Crippen LogP contribution in [0.3, 0.4) is 0 Å². The highest BCUT2D eigenvalue weighted by molar-refractivity contribution is 6.06. The average molecular weight is 353 g/mol. The SMILES string of the molecule is COc1cccc(C(=O)N/N=C(\C)CC(=O)Nc2ccc(C)c(C)c2)c1. The zero-order valence-electron chi connectivity index (χ0n) is 15.4. The maximum absolute atomic E-state index is 12.1. The zero-order chi connectivity index (χ0) is 19.1. The third-order valence-corrected chi connectivity index (χ3v) is 3.89. The molecule has 0 spiro atoms. The van der Waals surface area contributed by atoms with E-state index in [9.17, 15) is 9.59 Å². The lowest BCUT2D eigenvalue weighted by Gasteiger charge is -2.08. The first-order chi connectivity index (χ1) is 12.4. The first-order valence-corrected chi connectivity index (χ1v) is 8.23. The van der Waals surface area contributed by atoms with Gasteiger partial charge in [-0.3, -0.25) is 9.59 Å². The maximum Gasteiger partial charge on any atom is 0.271 e. The van der Waals surface area contributed by atoms with E-state index >= 15 is 0 Å². The fraction of sp³-hybridized carbons (Fsp3) is 0.250. The summed E-state index contributed by atoms with van der Waals surface area (Å²) in [6, 6.07) is 12.5. The number of ether oxygens (including phenoxy) is 1. The predicted molar refractivity (Wildman–Crippen MR) is 103 cm³/mol. The van der Waals surface area contributed by atoms with Crippen molar-refractivity contribution in [3.63, 3.8) is 0 Å². The number of nitrogens with zero attached hydrogens (tertiary/aromatic N) is 1. The van der Waals surface area contributed by atoms with Gasteiger partial charge in [0.05, 0.1) is 13.5 Å². The van der Waals surface area contributed by atoms with Gasteiger partial charge in [0, 0.05) is 17.0 Å². The molecule has 0 bridgehead atoms. The molecule has 6 nitrogen and oxygen atoms in total. The number of carbonyl (C=O) groups is 2. The van der Waals surface area contributed by atoms with Crippen molar-refractivity contribution in [1.29, 1.82) is 0 Å². The lowest BCUT2D eigenvalue weighted by Crippen LogP contribution is -2.21. The molecular weight excluding hydrogens is 330 g/mol. The van der Waals surface area contributed by atoms with E-state index in [1.165, 1.54) is 12.7 Å². The third-order valence-electron chi connectivity index (χ3n) is 3.89. The van der Waals surface area contributed by atoms with Crippen LogP contribution in [0.25, 0.3) is 0 Å². The van der Waals surface area contributed by atoms with E-state index in [0.29, 0.717) is 17.0 Å². The summed E-state index contributed by atoms with van der Waals surface area (Å²) < 4.78 is 5.09. The molecule has 0 aliphatic rings. The van der Waals surface area contributed by atoms with Crippen molar-refractivity contribution < 1.29 is 14.3 Å². The van der Waals surface area contributed by atoms with Crippen molar-refractivity contribution >= 4 is 23.2 Å². The Bertz CT molecular complexity index is 844. The Kier molecular flexibility index (Phi) is 6.49. The first-order valence-electron chi connectivity index (χ1n) is 8.23. The van der Waals surface area contributed by atoms with Gasteiger partial charge < -0.3 is 10.1 Å². The maximum atomic E-state index is 12.1. The first kappa shape index (κ1) is 19.2. The van der Waals surface area contributed by atoms with Crippen LogP contribution in [0.2, 0.25) is 0 Å². The zero-order valence-corrected chi connectivity index (χ0v) is 15.4. The number of amides is 2. The summed E-state index contributed by atoms with van der Waals surface area (Å²) in [5.41, 5.74) is 6.40. The number of hydrogen-bond acceptors (Lipinski definition) is 4. The minimum absolute atomic E-state index is 0.0886. The molecule has 0 fully saturated rings. The highest BCUT2D eigenvalue weighted by atomic mass is 16.5. The van der Waals surface area contributed by atoms with E-state index in [1.807, 2.05) is 32.0 Å². The Labute approximate surface area is 153 Å². The van der Waals surface area contributed by atoms with Crippen LogP contribution < -0.4 is 15.5 Å². The molecule has 136 valence electrons. The van der Waals surface area contributed by atoms with Gasteiger partial charge in [-0.05, 0) is 62.2 Å². The van der Waals surface area contributed by atoms with Crippen molar-refractivity contribution in [1.82, 2.24) is 5.43 Å². The van der Waals surface area contributed by atoms with Gasteiger partial charge >= 0.3 is 0 Å². The smallest absolute Gasteiger partial charge is 0.271 e. The lowest BCUT2D eigenvalue weighted by molar-refractivity contribution is -0.115. The quantitative estimate of drug-likeness (QED) is 0.617. The summed E-state index contributed by atoms with van der Waals surface area (Å²) in [5.74, 6) is 0.0362. The summed E-state index contributed by atoms with van der Waals surface area (Å²) in [7, 11) is 1.54. The van der Waals surface area contributed by atoms with E-state index in [-0.39, 0.29) is 18.2 Å². The van der Waals surface area contributed by atoms with E-state index in [1.54, 1.807) is 31.2 Å². The number of nitrogens with one attached hydrogen (secondary N) is 2. The van der Waals surface area contributed by atoms with E-state index in [0.717, 1.165) is 11.3 Å². The minimum Gasteiger partial charge on any atom is -0.497 e. The molecule has 0 aliphatic carbocycles. The molecule has 0 unspecified atom stereocenters. The number of benzene rings is 2. The Morgan fingerprint density at radius 1 is 1.08 bits per heavy atom. The fourth-order valence-corrected chi connectivity index (χ4v) is 2.27. The van der Waals surface area contributed by atoms with E-state index in [2.05, 4.69) is 15.8 Å². The topological polar surface area (TPSA) is 79.8 Å². The molecule has 0 saturated heterocycles. The number of rotatable bonds is 6. The molecule has 26 heavy (non-hydrogen) atoms. The second-order valence-electron chi connectivity index (χ2n) is 6.04. The predicted octanol–water partition coefficient (Wildman–Crippen LogP) is 3.45. The fourth-order valence-electron chi connectivity index (χ4n) is 2.27. The van der Waals surface area contributed by atoms with Gasteiger partial charge in [-0.1, -0.05) is 12.1 Å². The van der Waals surface area contributed by atoms with Crippen molar-refractivity contribution in [2.24, 2.45) is 5.10 Å². The molecule has 6 heteroatoms. The highest BCUT2D eigenvalue weighted by Crippen LogP contribution is 2.14. The molecular formula is C20H23N3O3. The van der Waals surface area contributed by atoms with E-state index < -0.39 is 0 Å². The highest BCUT2D eigenvalue weighted by Gasteiger charge is 2.08. The van der Waals surface area contributed by atoms with Gasteiger partial charge in [0.2, 0.25) is 5.91 Å². The number of aryl methyl sites for hydroxylation is 2. The van der Waals surface area contributed by atoms with Crippen LogP contribution in [0.4, 0.5) is 5.69 Å². The summed E-state index contributed by atoms with van der Waals surface area (Å²) in [6.45, 7) is 5.69. The molecule has 0 aromatic heterocycles. The molecule has 0 radical (unpaired) electrons. The summed E-state index contributed by atoms with van der Waals surface area (Å²) in [5, 5.41) is 6.81. The van der Waals surface area contributed by atoms with Crippen LogP contribution in [0.15, 0.2) is 47.6 Å². The van der Waals surface area contributed by atoms with Crippen LogP contribution in [0, 0.1) is 13.8 Å². The Morgan fingerprint density at radius 3 is 2.54 bits per heavy atom. The third kappa shape index (κ3) is 5.44. The van der Waals surface area contributed by atoms with Gasteiger partial charge in [0.15, 0.2) is 0 Å². The molecule has 0 heterocycles. The van der Waals surface area contributed by atoms with Gasteiger partial charge in [-0.25, -0.2) is 5.43 Å². The summed E-state index contributed by atoms with van der Waals surface area (Å²) in [6.07, 6.45) is 0.0886. The molecule has 0 atom stereocenters. The van der Waals surface area contributed by atoms with E-state index in [4.69, 9.17) is 4.74 Å². The van der Waals surface area contributed by atoms with Gasteiger partial charge in [0.1, 0.15) is 5.75 Å². The molecule has 2 aromatic rings. The van der Waals surface area contributed by atoms with Crippen LogP contribution >= 0.6 is 0 Å². The van der Waals surface area contributed by atoms with Gasteiger partial charge in [-0.2, -0.15) is 5.10 Å². The van der Waals surface area contributed by atoms with Gasteiger partial charge in [-0.15, -0.1) is 0 Å².